The van der Waals surface area contributed by atoms with Crippen LogP contribution in [0.5, 0.6) is 0 Å². The van der Waals surface area contributed by atoms with Crippen LogP contribution in [0.4, 0.5) is 4.79 Å². The first kappa shape index (κ1) is 27.6. The lowest BCUT2D eigenvalue weighted by atomic mass is 10.0. The summed E-state index contributed by atoms with van der Waals surface area (Å²) in [5.74, 6) is -0.179. The van der Waals surface area contributed by atoms with Crippen molar-refractivity contribution in [2.45, 2.75) is 38.6 Å². The van der Waals surface area contributed by atoms with Gasteiger partial charge in [-0.25, -0.2) is 22.6 Å². The van der Waals surface area contributed by atoms with Gasteiger partial charge in [0.2, 0.25) is 5.91 Å². The first-order valence-electron chi connectivity index (χ1n) is 12.5. The van der Waals surface area contributed by atoms with Crippen molar-refractivity contribution in [2.75, 3.05) is 6.54 Å². The highest BCUT2D eigenvalue weighted by atomic mass is 32.2. The average Bonchev–Trinajstić information content (AvgIpc) is 3.21. The molecule has 4 aromatic rings. The second-order valence-electron chi connectivity index (χ2n) is 9.16. The number of benzene rings is 3. The summed E-state index contributed by atoms with van der Waals surface area (Å²) < 4.78 is 29.0. The lowest BCUT2D eigenvalue weighted by Gasteiger charge is -2.10. The molecule has 0 bridgehead atoms. The number of hydrogen-bond acceptors (Lipinski definition) is 5. The lowest BCUT2D eigenvalue weighted by molar-refractivity contribution is -0.119. The van der Waals surface area contributed by atoms with E-state index < -0.39 is 16.1 Å². The van der Waals surface area contributed by atoms with E-state index in [-0.39, 0.29) is 17.3 Å². The predicted octanol–water partition coefficient (Wildman–Crippen LogP) is 4.02. The molecule has 3 aromatic carbocycles. The third kappa shape index (κ3) is 6.91. The van der Waals surface area contributed by atoms with Gasteiger partial charge in [0.15, 0.2) is 0 Å². The number of carbonyl (C=O) groups is 2. The summed E-state index contributed by atoms with van der Waals surface area (Å²) in [6.07, 6.45) is 0.526. The summed E-state index contributed by atoms with van der Waals surface area (Å²) in [5, 5.41) is 9.96. The van der Waals surface area contributed by atoms with Crippen LogP contribution < -0.4 is 15.4 Å². The second kappa shape index (κ2) is 12.0. The van der Waals surface area contributed by atoms with Gasteiger partial charge in [-0.1, -0.05) is 54.6 Å². The van der Waals surface area contributed by atoms with Gasteiger partial charge in [0.1, 0.15) is 0 Å². The number of aromatic nitrogens is 2. The monoisotopic (exact) mass is 545 g/mol. The van der Waals surface area contributed by atoms with Crippen LogP contribution in [0.3, 0.4) is 0 Å². The predicted molar refractivity (Wildman–Crippen MR) is 150 cm³/mol. The van der Waals surface area contributed by atoms with Crippen molar-refractivity contribution in [3.05, 3.63) is 101 Å². The molecular weight excluding hydrogens is 514 g/mol. The van der Waals surface area contributed by atoms with Gasteiger partial charge in [-0.3, -0.25) is 4.79 Å². The van der Waals surface area contributed by atoms with Crippen molar-refractivity contribution in [3.8, 4) is 16.8 Å². The van der Waals surface area contributed by atoms with E-state index in [4.69, 9.17) is 5.10 Å². The van der Waals surface area contributed by atoms with Gasteiger partial charge in [-0.15, -0.1) is 0 Å². The summed E-state index contributed by atoms with van der Waals surface area (Å²) in [6, 6.07) is 23.2. The molecule has 10 heteroatoms. The maximum atomic E-state index is 12.5. The molecule has 0 saturated heterocycles. The second-order valence-corrected chi connectivity index (χ2v) is 10.8. The van der Waals surface area contributed by atoms with Crippen LogP contribution >= 0.6 is 0 Å². The quantitative estimate of drug-likeness (QED) is 0.293. The number of hydrogen-bond donors (Lipinski definition) is 3. The van der Waals surface area contributed by atoms with Crippen LogP contribution in [0, 0.1) is 13.8 Å². The van der Waals surface area contributed by atoms with Gasteiger partial charge in [0.05, 0.1) is 16.3 Å². The number of nitrogens with one attached hydrogen (secondary N) is 3. The number of carbonyl (C=O) groups excluding carboxylic acids is 2. The number of aryl methyl sites for hydroxylation is 1. The molecule has 202 valence electrons. The number of nitrogens with zero attached hydrogens (tertiary/aromatic N) is 2. The topological polar surface area (TPSA) is 122 Å². The van der Waals surface area contributed by atoms with Crippen LogP contribution in [0.1, 0.15) is 29.4 Å². The molecule has 3 amide bonds. The van der Waals surface area contributed by atoms with E-state index in [1.807, 2.05) is 65.7 Å². The highest BCUT2D eigenvalue weighted by Crippen LogP contribution is 2.28. The van der Waals surface area contributed by atoms with Crippen molar-refractivity contribution < 1.29 is 18.0 Å². The zero-order valence-electron chi connectivity index (χ0n) is 22.1. The SMILES string of the molecule is CC(=O)NCc1ccc(S(=O)(=O)NC(=O)NCCc2ccc(-n3nc(C)c(-c4ccccc4)c3C)cc2)cc1. The molecule has 0 unspecified atom stereocenters. The van der Waals surface area contributed by atoms with Crippen molar-refractivity contribution in [1.29, 1.82) is 0 Å². The summed E-state index contributed by atoms with van der Waals surface area (Å²) in [5.41, 5.74) is 6.91. The number of rotatable bonds is 9. The fourth-order valence-corrected chi connectivity index (χ4v) is 5.20. The highest BCUT2D eigenvalue weighted by molar-refractivity contribution is 7.90. The zero-order chi connectivity index (χ0) is 28.0. The van der Waals surface area contributed by atoms with Crippen LogP contribution in [0.2, 0.25) is 0 Å². The minimum absolute atomic E-state index is 0.0422. The molecule has 9 nitrogen and oxygen atoms in total. The summed E-state index contributed by atoms with van der Waals surface area (Å²) in [6.45, 7) is 6.00. The van der Waals surface area contributed by atoms with Crippen molar-refractivity contribution in [2.24, 2.45) is 0 Å². The minimum Gasteiger partial charge on any atom is -0.352 e. The van der Waals surface area contributed by atoms with E-state index in [0.29, 0.717) is 13.0 Å². The van der Waals surface area contributed by atoms with Crippen LogP contribution in [0.15, 0.2) is 83.8 Å². The Bertz CT molecular complexity index is 1560. The van der Waals surface area contributed by atoms with Crippen molar-refractivity contribution in [3.63, 3.8) is 0 Å². The maximum Gasteiger partial charge on any atom is 0.328 e. The van der Waals surface area contributed by atoms with Gasteiger partial charge in [0, 0.05) is 31.3 Å². The van der Waals surface area contributed by atoms with Gasteiger partial charge < -0.3 is 10.6 Å². The normalized spacial score (nSPS) is 11.2. The molecule has 4 rings (SSSR count). The van der Waals surface area contributed by atoms with E-state index in [9.17, 15) is 18.0 Å². The summed E-state index contributed by atoms with van der Waals surface area (Å²) >= 11 is 0. The van der Waals surface area contributed by atoms with E-state index in [2.05, 4.69) is 22.8 Å². The van der Waals surface area contributed by atoms with Crippen molar-refractivity contribution >= 4 is 22.0 Å². The molecule has 0 fully saturated rings. The van der Waals surface area contributed by atoms with Gasteiger partial charge in [-0.05, 0) is 61.2 Å². The van der Waals surface area contributed by atoms with Gasteiger partial charge >= 0.3 is 6.03 Å². The number of amides is 3. The molecule has 39 heavy (non-hydrogen) atoms. The molecule has 0 aliphatic carbocycles. The Labute approximate surface area is 228 Å². The Morgan fingerprint density at radius 1 is 0.846 bits per heavy atom. The average molecular weight is 546 g/mol. The Morgan fingerprint density at radius 2 is 1.49 bits per heavy atom. The van der Waals surface area contributed by atoms with E-state index in [1.165, 1.54) is 19.1 Å². The number of sulfonamides is 1. The Hall–Kier alpha value is -4.44. The maximum absolute atomic E-state index is 12.5. The molecule has 1 heterocycles. The fraction of sp³-hybridized carbons (Fsp3) is 0.207. The first-order valence-corrected chi connectivity index (χ1v) is 14.0. The molecule has 0 aliphatic rings. The molecule has 0 saturated carbocycles. The molecule has 0 atom stereocenters. The Kier molecular flexibility index (Phi) is 8.46. The summed E-state index contributed by atoms with van der Waals surface area (Å²) in [4.78, 5) is 23.2. The third-order valence-corrected chi connectivity index (χ3v) is 7.58. The third-order valence-electron chi connectivity index (χ3n) is 6.24. The molecule has 0 radical (unpaired) electrons. The first-order chi connectivity index (χ1) is 18.6. The van der Waals surface area contributed by atoms with Crippen LogP contribution in [0.25, 0.3) is 16.8 Å². The molecule has 0 spiro atoms. The fourth-order valence-electron chi connectivity index (χ4n) is 4.27. The number of urea groups is 1. The largest absolute Gasteiger partial charge is 0.352 e. The zero-order valence-corrected chi connectivity index (χ0v) is 22.9. The standard InChI is InChI=1S/C29H31N5O4S/c1-20-28(25-7-5-4-6-8-25)21(2)34(32-20)26-13-9-23(10-14-26)17-18-30-29(36)33-39(37,38)27-15-11-24(12-16-27)19-31-22(3)35/h4-16H,17-19H2,1-3H3,(H,31,35)(H2,30,33,36). The Morgan fingerprint density at radius 3 is 2.13 bits per heavy atom. The van der Waals surface area contributed by atoms with Gasteiger partial charge in [-0.2, -0.15) is 5.10 Å². The van der Waals surface area contributed by atoms with Crippen LogP contribution in [-0.4, -0.2) is 36.7 Å². The van der Waals surface area contributed by atoms with E-state index in [1.54, 1.807) is 12.1 Å². The van der Waals surface area contributed by atoms with Gasteiger partial charge in [0.25, 0.3) is 10.0 Å². The minimum atomic E-state index is -4.02. The van der Waals surface area contributed by atoms with Crippen LogP contribution in [-0.2, 0) is 27.8 Å². The molecule has 0 aliphatic heterocycles. The van der Waals surface area contributed by atoms with Crippen molar-refractivity contribution in [1.82, 2.24) is 25.1 Å². The molecule has 1 aromatic heterocycles. The van der Waals surface area contributed by atoms with E-state index in [0.717, 1.165) is 39.3 Å². The molecule has 3 N–H and O–H groups in total. The highest BCUT2D eigenvalue weighted by Gasteiger charge is 2.18. The molecular formula is C29H31N5O4S. The lowest BCUT2D eigenvalue weighted by Crippen LogP contribution is -2.40. The smallest absolute Gasteiger partial charge is 0.328 e. The van der Waals surface area contributed by atoms with E-state index >= 15 is 0 Å². The Balaban J connectivity index is 1.31. The summed E-state index contributed by atoms with van der Waals surface area (Å²) in [7, 11) is -4.02.